The number of carbonyl (C=O) groups is 1. The average Bonchev–Trinajstić information content (AvgIpc) is 3.35. The number of halogens is 1. The maximum atomic E-state index is 12.6. The van der Waals surface area contributed by atoms with Gasteiger partial charge in [-0.3, -0.25) is 4.79 Å². The van der Waals surface area contributed by atoms with Gasteiger partial charge in [0.05, 0.1) is 28.3 Å². The van der Waals surface area contributed by atoms with E-state index in [1.54, 1.807) is 26.6 Å². The van der Waals surface area contributed by atoms with Gasteiger partial charge in [0.15, 0.2) is 5.69 Å². The van der Waals surface area contributed by atoms with Crippen molar-refractivity contribution in [2.45, 2.75) is 18.7 Å². The van der Waals surface area contributed by atoms with Crippen molar-refractivity contribution in [3.63, 3.8) is 0 Å². The zero-order valence-electron chi connectivity index (χ0n) is 16.5. The second-order valence-corrected chi connectivity index (χ2v) is 8.20. The normalized spacial score (nSPS) is 13.2. The van der Waals surface area contributed by atoms with Crippen LogP contribution in [-0.2, 0) is 6.42 Å². The largest absolute Gasteiger partial charge is 0.472 e. The Morgan fingerprint density at radius 1 is 1.31 bits per heavy atom. The predicted molar refractivity (Wildman–Crippen MR) is 120 cm³/mol. The van der Waals surface area contributed by atoms with Crippen LogP contribution in [0.2, 0.25) is 0 Å². The number of allylic oxidation sites excluding steroid dienone is 5. The topological polar surface area (TPSA) is 59.2 Å². The summed E-state index contributed by atoms with van der Waals surface area (Å²) in [5, 5.41) is 9.38. The number of fused-ring (bicyclic) bond motifs is 1. The second-order valence-electron chi connectivity index (χ2n) is 6.61. The van der Waals surface area contributed by atoms with E-state index in [9.17, 15) is 4.79 Å². The summed E-state index contributed by atoms with van der Waals surface area (Å²) in [5.74, 6) is -0.161. The van der Waals surface area contributed by atoms with Crippen molar-refractivity contribution in [1.82, 2.24) is 15.1 Å². The van der Waals surface area contributed by atoms with Crippen molar-refractivity contribution in [3.8, 4) is 0 Å². The second kappa shape index (κ2) is 9.67. The molecular formula is C22H22ClN3O2S. The highest BCUT2D eigenvalue weighted by Crippen LogP contribution is 2.32. The Labute approximate surface area is 179 Å². The first-order valence-electron chi connectivity index (χ1n) is 9.13. The number of rotatable bonds is 7. The number of aromatic nitrogens is 2. The van der Waals surface area contributed by atoms with Crippen LogP contribution in [0.15, 0.2) is 59.5 Å². The van der Waals surface area contributed by atoms with Crippen LogP contribution in [0, 0.1) is 0 Å². The van der Waals surface area contributed by atoms with Crippen LogP contribution in [0.1, 0.15) is 33.5 Å². The highest BCUT2D eigenvalue weighted by molar-refractivity contribution is 7.20. The molecule has 0 fully saturated rings. The molecule has 1 unspecified atom stereocenters. The first-order valence-corrected chi connectivity index (χ1v) is 10.4. The summed E-state index contributed by atoms with van der Waals surface area (Å²) in [5.41, 5.74) is 2.20. The molecule has 3 aromatic rings. The van der Waals surface area contributed by atoms with Crippen LogP contribution in [0.3, 0.4) is 0 Å². The Balaban J connectivity index is 1.97. The van der Waals surface area contributed by atoms with E-state index in [0.717, 1.165) is 26.2 Å². The van der Waals surface area contributed by atoms with Crippen molar-refractivity contribution in [3.05, 3.63) is 76.9 Å². The van der Waals surface area contributed by atoms with Crippen molar-refractivity contribution in [2.24, 2.45) is 0 Å². The number of hydrogen-bond donors (Lipinski definition) is 0. The minimum Gasteiger partial charge on any atom is -0.472 e. The van der Waals surface area contributed by atoms with Crippen LogP contribution in [0.4, 0.5) is 0 Å². The molecule has 5 nitrogen and oxygen atoms in total. The molecule has 150 valence electrons. The fourth-order valence-electron chi connectivity index (χ4n) is 2.73. The number of hydrogen-bond acceptors (Lipinski definition) is 5. The molecule has 3 heterocycles. The van der Waals surface area contributed by atoms with E-state index in [1.807, 2.05) is 55.5 Å². The molecule has 3 aromatic heterocycles. The smallest absolute Gasteiger partial charge is 0.275 e. The fraction of sp³-hybridized carbons (Fsp3) is 0.227. The molecule has 0 aromatic carbocycles. The maximum absolute atomic E-state index is 12.6. The van der Waals surface area contributed by atoms with E-state index in [2.05, 4.69) is 10.2 Å². The monoisotopic (exact) mass is 427 g/mol. The number of alkyl halides is 1. The molecule has 0 N–H and O–H groups in total. The van der Waals surface area contributed by atoms with E-state index < -0.39 is 0 Å². The third-order valence-corrected chi connectivity index (χ3v) is 5.55. The summed E-state index contributed by atoms with van der Waals surface area (Å²) in [6.07, 6.45) is 15.5. The SMILES string of the molecule is C/C=C\C(Cl)C=C/C=C/c1cc2c(Cc3ccoc3)nnc(C(=O)N(C)C)c2s1. The van der Waals surface area contributed by atoms with E-state index >= 15 is 0 Å². The molecular weight excluding hydrogens is 406 g/mol. The predicted octanol–water partition coefficient (Wildman–Crippen LogP) is 5.33. The van der Waals surface area contributed by atoms with E-state index in [0.29, 0.717) is 12.1 Å². The molecule has 3 rings (SSSR count). The molecule has 1 atom stereocenters. The lowest BCUT2D eigenvalue weighted by atomic mass is 10.1. The van der Waals surface area contributed by atoms with Gasteiger partial charge >= 0.3 is 0 Å². The Kier molecular flexibility index (Phi) is 7.01. The average molecular weight is 428 g/mol. The quantitative estimate of drug-likeness (QED) is 0.290. The van der Waals surface area contributed by atoms with Gasteiger partial charge in [-0.25, -0.2) is 0 Å². The van der Waals surface area contributed by atoms with Gasteiger partial charge in [-0.1, -0.05) is 30.4 Å². The van der Waals surface area contributed by atoms with Crippen LogP contribution in [-0.4, -0.2) is 40.5 Å². The van der Waals surface area contributed by atoms with Gasteiger partial charge < -0.3 is 9.32 Å². The molecule has 0 aliphatic heterocycles. The molecule has 0 spiro atoms. The van der Waals surface area contributed by atoms with Gasteiger partial charge in [-0.05, 0) is 30.7 Å². The Hall–Kier alpha value is -2.70. The van der Waals surface area contributed by atoms with Crippen molar-refractivity contribution in [2.75, 3.05) is 14.1 Å². The standard InChI is InChI=1S/C22H22ClN3O2S/c1-4-7-16(23)8-5-6-9-17-13-18-19(12-15-10-11-28-14-15)24-25-20(21(18)29-17)22(27)26(2)3/h4-11,13-14,16H,12H2,1-3H3/b7-4-,8-5?,9-6+. The summed E-state index contributed by atoms with van der Waals surface area (Å²) >= 11 is 7.65. The van der Waals surface area contributed by atoms with Gasteiger partial charge in [-0.15, -0.1) is 28.0 Å². The third kappa shape index (κ3) is 5.22. The highest BCUT2D eigenvalue weighted by Gasteiger charge is 2.19. The van der Waals surface area contributed by atoms with Crippen LogP contribution < -0.4 is 0 Å². The Morgan fingerprint density at radius 2 is 2.14 bits per heavy atom. The lowest BCUT2D eigenvalue weighted by molar-refractivity contribution is 0.0823. The number of thiophene rings is 1. The molecule has 0 saturated carbocycles. The molecule has 0 aliphatic carbocycles. The van der Waals surface area contributed by atoms with Crippen LogP contribution in [0.25, 0.3) is 16.2 Å². The molecule has 0 radical (unpaired) electrons. The summed E-state index contributed by atoms with van der Waals surface area (Å²) in [6.45, 7) is 1.94. The summed E-state index contributed by atoms with van der Waals surface area (Å²) in [6, 6.07) is 3.95. The minimum atomic E-state index is -0.161. The van der Waals surface area contributed by atoms with Gasteiger partial charge in [-0.2, -0.15) is 5.10 Å². The van der Waals surface area contributed by atoms with Gasteiger partial charge in [0.1, 0.15) is 0 Å². The maximum Gasteiger partial charge on any atom is 0.275 e. The summed E-state index contributed by atoms with van der Waals surface area (Å²) in [7, 11) is 3.42. The lowest BCUT2D eigenvalue weighted by Gasteiger charge is -2.10. The van der Waals surface area contributed by atoms with Crippen molar-refractivity contribution < 1.29 is 9.21 Å². The lowest BCUT2D eigenvalue weighted by Crippen LogP contribution is -2.23. The number of nitrogens with zero attached hydrogens (tertiary/aromatic N) is 3. The number of amides is 1. The van der Waals surface area contributed by atoms with Gasteiger partial charge in [0.25, 0.3) is 5.91 Å². The zero-order valence-corrected chi connectivity index (χ0v) is 18.1. The number of carbonyl (C=O) groups excluding carboxylic acids is 1. The van der Waals surface area contributed by atoms with E-state index in [4.69, 9.17) is 16.0 Å². The molecule has 0 aliphatic rings. The molecule has 29 heavy (non-hydrogen) atoms. The first-order chi connectivity index (χ1) is 14.0. The van der Waals surface area contributed by atoms with E-state index in [1.165, 1.54) is 16.2 Å². The van der Waals surface area contributed by atoms with Crippen molar-refractivity contribution in [1.29, 1.82) is 0 Å². The van der Waals surface area contributed by atoms with Crippen LogP contribution >= 0.6 is 22.9 Å². The molecule has 0 saturated heterocycles. The summed E-state index contributed by atoms with van der Waals surface area (Å²) in [4.78, 5) is 15.1. The Morgan fingerprint density at radius 3 is 2.83 bits per heavy atom. The van der Waals surface area contributed by atoms with Gasteiger partial charge in [0, 0.05) is 30.8 Å². The third-order valence-electron chi connectivity index (χ3n) is 4.15. The van der Waals surface area contributed by atoms with Gasteiger partial charge in [0.2, 0.25) is 0 Å². The first kappa shape index (κ1) is 21.0. The summed E-state index contributed by atoms with van der Waals surface area (Å²) < 4.78 is 6.00. The molecule has 0 bridgehead atoms. The highest BCUT2D eigenvalue weighted by atomic mass is 35.5. The zero-order chi connectivity index (χ0) is 20.8. The molecule has 7 heteroatoms. The fourth-order valence-corrected chi connectivity index (χ4v) is 4.03. The minimum absolute atomic E-state index is 0.133. The number of furan rings is 1. The molecule has 1 amide bonds. The van der Waals surface area contributed by atoms with Crippen molar-refractivity contribution >= 4 is 45.0 Å². The van der Waals surface area contributed by atoms with Crippen LogP contribution in [0.5, 0.6) is 0 Å². The van der Waals surface area contributed by atoms with E-state index in [-0.39, 0.29) is 11.3 Å². The Bertz CT molecular complexity index is 1070.